The minimum atomic E-state index is -1.48. The molecule has 0 aliphatic heterocycles. The number of esters is 2. The van der Waals surface area contributed by atoms with Gasteiger partial charge in [0.05, 0.1) is 80.5 Å². The number of carbonyl (C=O) groups excluding carboxylic acids is 2. The third-order valence-electron chi connectivity index (χ3n) is 10.3. The monoisotopic (exact) mass is 866 g/mol. The molecule has 0 N–H and O–H groups in total. The summed E-state index contributed by atoms with van der Waals surface area (Å²) < 4.78 is 65.4. The molecule has 1 aliphatic carbocycles. The van der Waals surface area contributed by atoms with Crippen LogP contribution in [0.4, 0.5) is 0 Å². The van der Waals surface area contributed by atoms with Crippen LogP contribution < -0.4 is 37.9 Å². The van der Waals surface area contributed by atoms with E-state index in [9.17, 15) is 9.59 Å². The molecule has 0 aromatic heterocycles. The van der Waals surface area contributed by atoms with Crippen LogP contribution in [0, 0.1) is 0 Å². The van der Waals surface area contributed by atoms with Gasteiger partial charge in [0.2, 0.25) is 11.5 Å². The Labute approximate surface area is 372 Å². The van der Waals surface area contributed by atoms with Gasteiger partial charge in [-0.05, 0) is 91.5 Å². The normalized spacial score (nSPS) is 12.2. The van der Waals surface area contributed by atoms with Gasteiger partial charge >= 0.3 is 11.9 Å². The van der Waals surface area contributed by atoms with Gasteiger partial charge in [-0.15, -0.1) is 0 Å². The number of fused-ring (bicyclic) bond motifs is 3. The Kier molecular flexibility index (Phi) is 16.7. The zero-order valence-electron chi connectivity index (χ0n) is 38.5. The summed E-state index contributed by atoms with van der Waals surface area (Å²) in [6.45, 7) is 27.4. The first-order valence-corrected chi connectivity index (χ1v) is 21.8. The van der Waals surface area contributed by atoms with Crippen LogP contribution >= 0.6 is 0 Å². The summed E-state index contributed by atoms with van der Waals surface area (Å²) in [6, 6.07) is 16.2. The molecule has 12 heteroatoms. The molecule has 338 valence electrons. The Balaban J connectivity index is 2.28. The highest BCUT2D eigenvalue weighted by Crippen LogP contribution is 2.68. The standard InChI is InChI=1S/C51H62O12/c1-13-54-29-35-41(56-15-3)39(45(58-17-5)47(60-19-7)43(35)62-49(52)31(9)10)51(37-27-23-21-25-33(37)34-26-22-24-28-38(34)51)40-42(57-16-4)36(30-55-14-2)44(63-50(53)32(11)12)48(61-20-8)46(40)59-18-6/h21-28H,9,11,13-20,29-30H2,1-8,10,12H3. The number of carbonyl (C=O) groups is 2. The van der Waals surface area contributed by atoms with Crippen LogP contribution in [0.1, 0.15) is 103 Å². The Morgan fingerprint density at radius 3 is 1.08 bits per heavy atom. The van der Waals surface area contributed by atoms with E-state index in [2.05, 4.69) is 37.4 Å². The van der Waals surface area contributed by atoms with Gasteiger partial charge in [0.15, 0.2) is 23.0 Å². The van der Waals surface area contributed by atoms with E-state index in [1.807, 2.05) is 79.7 Å². The smallest absolute Gasteiger partial charge is 0.338 e. The maximum atomic E-state index is 13.6. The number of benzene rings is 4. The number of rotatable bonds is 24. The van der Waals surface area contributed by atoms with E-state index in [-0.39, 0.29) is 98.5 Å². The maximum Gasteiger partial charge on any atom is 0.338 e. The highest BCUT2D eigenvalue weighted by molar-refractivity contribution is 5.94. The molecule has 63 heavy (non-hydrogen) atoms. The van der Waals surface area contributed by atoms with Gasteiger partial charge in [0.1, 0.15) is 11.5 Å². The number of hydrogen-bond donors (Lipinski definition) is 0. The quantitative estimate of drug-likeness (QED) is 0.0333. The summed E-state index contributed by atoms with van der Waals surface area (Å²) in [6.07, 6.45) is 0. The van der Waals surface area contributed by atoms with Gasteiger partial charge in [-0.1, -0.05) is 61.7 Å². The van der Waals surface area contributed by atoms with Crippen molar-refractivity contribution in [3.05, 3.63) is 106 Å². The van der Waals surface area contributed by atoms with E-state index in [1.165, 1.54) is 0 Å². The second-order valence-corrected chi connectivity index (χ2v) is 14.4. The van der Waals surface area contributed by atoms with Gasteiger partial charge < -0.3 is 47.4 Å². The largest absolute Gasteiger partial charge is 0.493 e. The van der Waals surface area contributed by atoms with E-state index in [4.69, 9.17) is 47.4 Å². The lowest BCUT2D eigenvalue weighted by Crippen LogP contribution is -2.33. The highest BCUT2D eigenvalue weighted by Gasteiger charge is 2.56. The lowest BCUT2D eigenvalue weighted by atomic mass is 9.65. The summed E-state index contributed by atoms with van der Waals surface area (Å²) in [7, 11) is 0. The third kappa shape index (κ3) is 9.10. The zero-order valence-corrected chi connectivity index (χ0v) is 38.5. The third-order valence-corrected chi connectivity index (χ3v) is 10.3. The minimum Gasteiger partial charge on any atom is -0.493 e. The fourth-order valence-corrected chi connectivity index (χ4v) is 7.97. The van der Waals surface area contributed by atoms with E-state index in [1.54, 1.807) is 13.8 Å². The minimum absolute atomic E-state index is 0.0459. The topological polar surface area (TPSA) is 126 Å². The SMILES string of the molecule is C=C(C)C(=O)Oc1c(COCC)c(OCC)c(C2(c3c(OCC)c(COCC)c(OC(=O)C(=C)C)c(OCC)c3OCC)c3ccccc3-c3ccccc32)c(OCC)c1OCC. The van der Waals surface area contributed by atoms with Crippen molar-refractivity contribution in [2.45, 2.75) is 87.9 Å². The fraction of sp³-hybridized carbons (Fsp3) is 0.412. The summed E-state index contributed by atoms with van der Waals surface area (Å²) in [5.74, 6) is 0.254. The summed E-state index contributed by atoms with van der Waals surface area (Å²) in [5, 5.41) is 0. The van der Waals surface area contributed by atoms with Crippen LogP contribution in [0.15, 0.2) is 72.8 Å². The molecule has 4 aromatic carbocycles. The molecular formula is C51H62O12. The number of ether oxygens (including phenoxy) is 10. The molecule has 0 spiro atoms. The molecule has 0 heterocycles. The highest BCUT2D eigenvalue weighted by atomic mass is 16.6. The van der Waals surface area contributed by atoms with Crippen LogP contribution in [0.25, 0.3) is 11.1 Å². The lowest BCUT2D eigenvalue weighted by Gasteiger charge is -2.40. The molecule has 0 saturated heterocycles. The first-order chi connectivity index (χ1) is 30.5. The first kappa shape index (κ1) is 48.1. The van der Waals surface area contributed by atoms with Gasteiger partial charge in [-0.2, -0.15) is 0 Å². The fourth-order valence-electron chi connectivity index (χ4n) is 7.97. The number of hydrogen-bond acceptors (Lipinski definition) is 12. The zero-order chi connectivity index (χ0) is 45.8. The molecule has 0 unspecified atom stereocenters. The van der Waals surface area contributed by atoms with Crippen LogP contribution in [0.3, 0.4) is 0 Å². The molecule has 0 atom stereocenters. The van der Waals surface area contributed by atoms with Crippen LogP contribution in [0.2, 0.25) is 0 Å². The molecule has 12 nitrogen and oxygen atoms in total. The Morgan fingerprint density at radius 2 is 0.762 bits per heavy atom. The van der Waals surface area contributed by atoms with Crippen molar-refractivity contribution in [2.24, 2.45) is 0 Å². The summed E-state index contributed by atoms with van der Waals surface area (Å²) >= 11 is 0. The van der Waals surface area contributed by atoms with Crippen molar-refractivity contribution in [1.29, 1.82) is 0 Å². The first-order valence-electron chi connectivity index (χ1n) is 21.8. The average Bonchev–Trinajstić information content (AvgIpc) is 3.56. The van der Waals surface area contributed by atoms with Gasteiger partial charge in [0.25, 0.3) is 0 Å². The van der Waals surface area contributed by atoms with E-state index < -0.39 is 17.4 Å². The molecule has 5 rings (SSSR count). The second kappa shape index (κ2) is 21.9. The van der Waals surface area contributed by atoms with Crippen molar-refractivity contribution in [2.75, 3.05) is 52.9 Å². The van der Waals surface area contributed by atoms with Crippen LogP contribution in [0.5, 0.6) is 46.0 Å². The second-order valence-electron chi connectivity index (χ2n) is 14.4. The Hall–Kier alpha value is -5.98. The summed E-state index contributed by atoms with van der Waals surface area (Å²) in [5.41, 5.74) is 4.10. The molecular weight excluding hydrogens is 805 g/mol. The van der Waals surface area contributed by atoms with Crippen molar-refractivity contribution in [1.82, 2.24) is 0 Å². The molecule has 0 radical (unpaired) electrons. The average molecular weight is 867 g/mol. The van der Waals surface area contributed by atoms with Gasteiger partial charge in [-0.3, -0.25) is 0 Å². The molecule has 0 bridgehead atoms. The van der Waals surface area contributed by atoms with E-state index in [0.717, 1.165) is 22.3 Å². The van der Waals surface area contributed by atoms with Crippen molar-refractivity contribution in [3.8, 4) is 57.1 Å². The predicted molar refractivity (Wildman–Crippen MR) is 242 cm³/mol. The van der Waals surface area contributed by atoms with Crippen LogP contribution in [-0.2, 0) is 37.7 Å². The Bertz CT molecular complexity index is 2150. The van der Waals surface area contributed by atoms with E-state index in [0.29, 0.717) is 47.0 Å². The Morgan fingerprint density at radius 1 is 0.444 bits per heavy atom. The van der Waals surface area contributed by atoms with Crippen molar-refractivity contribution in [3.63, 3.8) is 0 Å². The molecule has 0 fully saturated rings. The van der Waals surface area contributed by atoms with Crippen molar-refractivity contribution < 1.29 is 57.0 Å². The molecule has 0 saturated carbocycles. The summed E-state index contributed by atoms with van der Waals surface area (Å²) in [4.78, 5) is 27.2. The van der Waals surface area contributed by atoms with Crippen LogP contribution in [-0.4, -0.2) is 64.8 Å². The van der Waals surface area contributed by atoms with E-state index >= 15 is 0 Å². The van der Waals surface area contributed by atoms with Gasteiger partial charge in [-0.25, -0.2) is 9.59 Å². The predicted octanol–water partition coefficient (Wildman–Crippen LogP) is 10.5. The molecule has 1 aliphatic rings. The lowest BCUT2D eigenvalue weighted by molar-refractivity contribution is -0.131. The van der Waals surface area contributed by atoms with Gasteiger partial charge in [0, 0.05) is 24.4 Å². The molecule has 0 amide bonds. The molecule has 4 aromatic rings. The maximum absolute atomic E-state index is 13.6. The van der Waals surface area contributed by atoms with Crippen molar-refractivity contribution >= 4 is 11.9 Å².